The first-order valence-corrected chi connectivity index (χ1v) is 15.2. The van der Waals surface area contributed by atoms with Crippen LogP contribution >= 0.6 is 0 Å². The fourth-order valence-electron chi connectivity index (χ4n) is 5.67. The summed E-state index contributed by atoms with van der Waals surface area (Å²) in [5, 5.41) is 2.51. The molecular formula is C33H37F3N6O4. The maximum atomic E-state index is 14.3. The zero-order valence-electron chi connectivity index (χ0n) is 26.2. The van der Waals surface area contributed by atoms with Gasteiger partial charge in [0, 0.05) is 57.7 Å². The number of amides is 4. The minimum atomic E-state index is -4.64. The van der Waals surface area contributed by atoms with Crippen molar-refractivity contribution in [1.82, 2.24) is 20.1 Å². The van der Waals surface area contributed by atoms with E-state index in [4.69, 9.17) is 4.74 Å². The minimum absolute atomic E-state index is 0.00127. The Hall–Kier alpha value is -4.49. The maximum absolute atomic E-state index is 14.3. The Bertz CT molecular complexity index is 1620. The number of hydrogen-bond acceptors (Lipinski definition) is 7. The van der Waals surface area contributed by atoms with Crippen LogP contribution in [-0.4, -0.2) is 78.9 Å². The summed E-state index contributed by atoms with van der Waals surface area (Å²) < 4.78 is 48.8. The summed E-state index contributed by atoms with van der Waals surface area (Å²) in [6.45, 7) is 9.47. The number of halogens is 3. The number of nitrogens with one attached hydrogen (secondary N) is 1. The summed E-state index contributed by atoms with van der Waals surface area (Å²) in [5.74, 6) is -0.210. The molecule has 3 heterocycles. The van der Waals surface area contributed by atoms with E-state index in [9.17, 15) is 27.6 Å². The van der Waals surface area contributed by atoms with Gasteiger partial charge in [-0.15, -0.1) is 0 Å². The number of anilines is 2. The van der Waals surface area contributed by atoms with Crippen molar-refractivity contribution in [2.45, 2.75) is 39.4 Å². The van der Waals surface area contributed by atoms with E-state index in [0.717, 1.165) is 35.5 Å². The van der Waals surface area contributed by atoms with Crippen LogP contribution in [0.4, 0.5) is 29.3 Å². The number of pyridine rings is 1. The normalized spacial score (nSPS) is 16.4. The summed E-state index contributed by atoms with van der Waals surface area (Å²) in [7, 11) is 1.50. The molecule has 2 saturated heterocycles. The molecule has 0 spiro atoms. The third-order valence-electron chi connectivity index (χ3n) is 8.27. The van der Waals surface area contributed by atoms with Crippen molar-refractivity contribution in [1.29, 1.82) is 0 Å². The number of nitrogens with zero attached hydrogens (tertiary/aromatic N) is 5. The number of aromatic nitrogens is 1. The number of carbonyl (C=O) groups is 3. The molecule has 1 N–H and O–H groups in total. The van der Waals surface area contributed by atoms with Gasteiger partial charge in [-0.05, 0) is 60.0 Å². The van der Waals surface area contributed by atoms with Crippen molar-refractivity contribution in [3.63, 3.8) is 0 Å². The second kappa shape index (κ2) is 13.5. The maximum Gasteiger partial charge on any atom is 0.416 e. The quantitative estimate of drug-likeness (QED) is 0.310. The van der Waals surface area contributed by atoms with Crippen LogP contribution in [0.3, 0.4) is 0 Å². The van der Waals surface area contributed by atoms with Gasteiger partial charge in [-0.1, -0.05) is 26.8 Å². The Kier molecular flexibility index (Phi) is 9.63. The second-order valence-corrected chi connectivity index (χ2v) is 11.6. The molecule has 0 atom stereocenters. The number of benzene rings is 2. The van der Waals surface area contributed by atoms with Gasteiger partial charge in [0.25, 0.3) is 11.8 Å². The van der Waals surface area contributed by atoms with Crippen molar-refractivity contribution in [3.05, 3.63) is 77.1 Å². The van der Waals surface area contributed by atoms with Crippen LogP contribution in [0.1, 0.15) is 53.9 Å². The van der Waals surface area contributed by atoms with E-state index in [1.54, 1.807) is 24.3 Å². The van der Waals surface area contributed by atoms with Crippen LogP contribution < -0.4 is 19.9 Å². The molecule has 2 aliphatic rings. The second-order valence-electron chi connectivity index (χ2n) is 11.6. The molecule has 46 heavy (non-hydrogen) atoms. The van der Waals surface area contributed by atoms with Crippen molar-refractivity contribution in [3.8, 4) is 11.5 Å². The van der Waals surface area contributed by atoms with Gasteiger partial charge >= 0.3 is 12.2 Å². The first-order valence-electron chi connectivity index (χ1n) is 15.2. The Morgan fingerprint density at radius 1 is 0.978 bits per heavy atom. The summed E-state index contributed by atoms with van der Waals surface area (Å²) in [6, 6.07) is 11.0. The monoisotopic (exact) mass is 638 g/mol. The molecule has 2 fully saturated rings. The number of likely N-dealkylation sites (N-methyl/N-ethyl adjacent to an activating group) is 1. The molecule has 0 saturated carbocycles. The van der Waals surface area contributed by atoms with Gasteiger partial charge in [0.1, 0.15) is 23.7 Å². The molecule has 0 aliphatic carbocycles. The van der Waals surface area contributed by atoms with Crippen LogP contribution in [-0.2, 0) is 17.5 Å². The van der Waals surface area contributed by atoms with Crippen molar-refractivity contribution < 1.29 is 32.3 Å². The highest BCUT2D eigenvalue weighted by Gasteiger charge is 2.40. The molecule has 0 radical (unpaired) electrons. The first kappa shape index (κ1) is 32.9. The average molecular weight is 639 g/mol. The van der Waals surface area contributed by atoms with Gasteiger partial charge in [0.2, 0.25) is 0 Å². The standard InChI is InChI=1S/C33H37F3N6O4/c1-5-39-12-14-40(15-13-39)19-22-6-7-23(17-27(22)33(34,35)36)41-20-30(43)42(32(41)45)24-8-9-29(26(16-24)21(2)3)46-25-10-11-38-28(18-25)31(44)37-4/h6-11,16-18,21H,5,12-15,19-20H2,1-4H3,(H,37,44). The number of urea groups is 1. The van der Waals surface area contributed by atoms with Gasteiger partial charge in [0.05, 0.1) is 11.3 Å². The zero-order valence-corrected chi connectivity index (χ0v) is 26.2. The molecule has 10 nitrogen and oxygen atoms in total. The number of imide groups is 1. The summed E-state index contributed by atoms with van der Waals surface area (Å²) >= 11 is 0. The number of carbonyl (C=O) groups excluding carboxylic acids is 3. The van der Waals surface area contributed by atoms with Gasteiger partial charge in [-0.2, -0.15) is 13.2 Å². The van der Waals surface area contributed by atoms with Gasteiger partial charge in [-0.25, -0.2) is 9.69 Å². The molecule has 0 bridgehead atoms. The van der Waals surface area contributed by atoms with Crippen molar-refractivity contribution in [2.75, 3.05) is 56.1 Å². The number of ether oxygens (including phenoxy) is 1. The lowest BCUT2D eigenvalue weighted by atomic mass is 10.0. The topological polar surface area (TPSA) is 98.3 Å². The molecular weight excluding hydrogens is 601 g/mol. The van der Waals surface area contributed by atoms with Crippen LogP contribution in [0.15, 0.2) is 54.7 Å². The molecule has 4 amide bonds. The molecule has 5 rings (SSSR count). The van der Waals surface area contributed by atoms with Crippen LogP contribution in [0.25, 0.3) is 0 Å². The highest BCUT2D eigenvalue weighted by Crippen LogP contribution is 2.38. The fraction of sp³-hybridized carbons (Fsp3) is 0.394. The van der Waals surface area contributed by atoms with E-state index in [1.165, 1.54) is 31.4 Å². The van der Waals surface area contributed by atoms with Crippen LogP contribution in [0.5, 0.6) is 11.5 Å². The van der Waals surface area contributed by atoms with Gasteiger partial charge in [-0.3, -0.25) is 24.4 Å². The number of rotatable bonds is 9. The number of alkyl halides is 3. The largest absolute Gasteiger partial charge is 0.457 e. The smallest absolute Gasteiger partial charge is 0.416 e. The molecule has 2 aliphatic heterocycles. The van der Waals surface area contributed by atoms with E-state index in [2.05, 4.69) is 22.1 Å². The lowest BCUT2D eigenvalue weighted by Crippen LogP contribution is -2.45. The Morgan fingerprint density at radius 2 is 1.67 bits per heavy atom. The van der Waals surface area contributed by atoms with E-state index in [0.29, 0.717) is 30.2 Å². The van der Waals surface area contributed by atoms with Crippen LogP contribution in [0.2, 0.25) is 0 Å². The number of hydrogen-bond donors (Lipinski definition) is 1. The molecule has 0 unspecified atom stereocenters. The third kappa shape index (κ3) is 7.00. The van der Waals surface area contributed by atoms with Gasteiger partial charge < -0.3 is 15.0 Å². The molecule has 244 valence electrons. The van der Waals surface area contributed by atoms with E-state index < -0.39 is 30.2 Å². The predicted molar refractivity (Wildman–Crippen MR) is 167 cm³/mol. The molecule has 1 aromatic heterocycles. The van der Waals surface area contributed by atoms with E-state index >= 15 is 0 Å². The Balaban J connectivity index is 1.38. The summed E-state index contributed by atoms with van der Waals surface area (Å²) in [6.07, 6.45) is -3.19. The molecule has 13 heteroatoms. The third-order valence-corrected chi connectivity index (χ3v) is 8.27. The SMILES string of the molecule is CCN1CCN(Cc2ccc(N3CC(=O)N(c4ccc(Oc5ccnc(C(=O)NC)c5)c(C(C)C)c4)C3=O)cc2C(F)(F)F)CC1. The first-order chi connectivity index (χ1) is 21.9. The van der Waals surface area contributed by atoms with Crippen molar-refractivity contribution >= 4 is 29.2 Å². The minimum Gasteiger partial charge on any atom is -0.457 e. The number of piperazine rings is 1. The lowest BCUT2D eigenvalue weighted by Gasteiger charge is -2.34. The highest BCUT2D eigenvalue weighted by atomic mass is 19.4. The predicted octanol–water partition coefficient (Wildman–Crippen LogP) is 5.49. The lowest BCUT2D eigenvalue weighted by molar-refractivity contribution is -0.138. The zero-order chi connectivity index (χ0) is 33.2. The average Bonchev–Trinajstić information content (AvgIpc) is 3.34. The Labute approximate surface area is 265 Å². The van der Waals surface area contributed by atoms with Gasteiger partial charge in [0.15, 0.2) is 0 Å². The summed E-state index contributed by atoms with van der Waals surface area (Å²) in [5.41, 5.74) is 0.436. The fourth-order valence-corrected chi connectivity index (χ4v) is 5.67. The van der Waals surface area contributed by atoms with E-state index in [1.807, 2.05) is 18.7 Å². The van der Waals surface area contributed by atoms with Crippen molar-refractivity contribution in [2.24, 2.45) is 0 Å². The Morgan fingerprint density at radius 3 is 2.33 bits per heavy atom. The molecule has 3 aromatic rings. The van der Waals surface area contributed by atoms with E-state index in [-0.39, 0.29) is 41.0 Å². The molecule has 2 aromatic carbocycles. The van der Waals surface area contributed by atoms with Crippen LogP contribution in [0, 0.1) is 0 Å². The highest BCUT2D eigenvalue weighted by molar-refractivity contribution is 6.27. The summed E-state index contributed by atoms with van der Waals surface area (Å²) in [4.78, 5) is 49.1.